The molecule has 174 valence electrons. The summed E-state index contributed by atoms with van der Waals surface area (Å²) in [6, 6.07) is 19.1. The van der Waals surface area contributed by atoms with E-state index in [1.165, 1.54) is 0 Å². The van der Waals surface area contributed by atoms with Crippen LogP contribution in [0.2, 0.25) is 0 Å². The summed E-state index contributed by atoms with van der Waals surface area (Å²) in [5.41, 5.74) is 3.45. The van der Waals surface area contributed by atoms with Gasteiger partial charge in [0.2, 0.25) is 0 Å². The second-order valence-corrected chi connectivity index (χ2v) is 9.36. The predicted molar refractivity (Wildman–Crippen MR) is 132 cm³/mol. The Balaban J connectivity index is 1.76. The molecule has 2 N–H and O–H groups in total. The highest BCUT2D eigenvalue weighted by Gasteiger charge is 2.21. The van der Waals surface area contributed by atoms with Gasteiger partial charge >= 0.3 is 5.97 Å². The van der Waals surface area contributed by atoms with Gasteiger partial charge in [-0.1, -0.05) is 30.3 Å². The van der Waals surface area contributed by atoms with Crippen molar-refractivity contribution in [3.8, 4) is 0 Å². The van der Waals surface area contributed by atoms with Crippen molar-refractivity contribution in [2.24, 2.45) is 0 Å². The maximum Gasteiger partial charge on any atom is 0.338 e. The van der Waals surface area contributed by atoms with E-state index in [9.17, 15) is 13.2 Å². The largest absolute Gasteiger partial charge is 0.462 e. The van der Waals surface area contributed by atoms with Crippen LogP contribution in [0.4, 0.5) is 17.3 Å². The molecule has 0 amide bonds. The quantitative estimate of drug-likeness (QED) is 0.362. The summed E-state index contributed by atoms with van der Waals surface area (Å²) in [5.74, 6) is -0.207. The number of carbonyl (C=O) groups is 1. The Morgan fingerprint density at radius 3 is 2.32 bits per heavy atom. The second-order valence-electron chi connectivity index (χ2n) is 7.71. The molecule has 3 aromatic carbocycles. The number of fused-ring (bicyclic) bond motifs is 1. The molecule has 0 spiro atoms. The normalized spacial score (nSPS) is 11.3. The molecule has 1 aromatic heterocycles. The molecule has 0 radical (unpaired) electrons. The minimum Gasteiger partial charge on any atom is -0.462 e. The molecule has 0 aliphatic carbocycles. The fraction of sp³-hybridized carbons (Fsp3) is 0.160. The van der Waals surface area contributed by atoms with Crippen LogP contribution in [0, 0.1) is 13.8 Å². The van der Waals surface area contributed by atoms with Gasteiger partial charge in [-0.2, -0.15) is 0 Å². The smallest absolute Gasteiger partial charge is 0.338 e. The summed E-state index contributed by atoms with van der Waals surface area (Å²) in [6.07, 6.45) is 0. The molecule has 34 heavy (non-hydrogen) atoms. The van der Waals surface area contributed by atoms with Crippen LogP contribution in [-0.4, -0.2) is 31.0 Å². The number of esters is 1. The van der Waals surface area contributed by atoms with Crippen molar-refractivity contribution in [1.29, 1.82) is 0 Å². The monoisotopic (exact) mass is 476 g/mol. The number of aryl methyl sites for hydroxylation is 2. The number of hydrogen-bond acceptors (Lipinski definition) is 7. The Morgan fingerprint density at radius 2 is 1.62 bits per heavy atom. The van der Waals surface area contributed by atoms with Gasteiger partial charge in [-0.05, 0) is 68.3 Å². The summed E-state index contributed by atoms with van der Waals surface area (Å²) in [4.78, 5) is 21.4. The van der Waals surface area contributed by atoms with E-state index in [0.29, 0.717) is 27.8 Å². The summed E-state index contributed by atoms with van der Waals surface area (Å²) in [5, 5.41) is 3.09. The number of anilines is 3. The third kappa shape index (κ3) is 4.99. The maximum absolute atomic E-state index is 13.3. The number of ether oxygens (including phenoxy) is 1. The van der Waals surface area contributed by atoms with Gasteiger partial charge in [0.15, 0.2) is 11.6 Å². The molecule has 0 fully saturated rings. The Hall–Kier alpha value is -3.98. The zero-order chi connectivity index (χ0) is 24.3. The topological polar surface area (TPSA) is 110 Å². The standard InChI is InChI=1S/C25H24N4O4S/c1-4-33-25(30)18-8-7-9-19(15-18)26-23-24(28-21-11-6-5-10-20(21)27-23)29-34(31,32)22-14-16(2)12-13-17(22)3/h5-15H,4H2,1-3H3,(H,26,27)(H,28,29). The fourth-order valence-corrected chi connectivity index (χ4v) is 4.75. The maximum atomic E-state index is 13.3. The van der Waals surface area contributed by atoms with Crippen LogP contribution in [0.1, 0.15) is 28.4 Å². The second kappa shape index (κ2) is 9.48. The van der Waals surface area contributed by atoms with Crippen LogP contribution in [0.3, 0.4) is 0 Å². The van der Waals surface area contributed by atoms with Crippen molar-refractivity contribution in [2.75, 3.05) is 16.6 Å². The zero-order valence-electron chi connectivity index (χ0n) is 19.0. The van der Waals surface area contributed by atoms with Gasteiger partial charge in [-0.15, -0.1) is 0 Å². The van der Waals surface area contributed by atoms with Crippen LogP contribution in [-0.2, 0) is 14.8 Å². The lowest BCUT2D eigenvalue weighted by Crippen LogP contribution is -2.17. The molecular weight excluding hydrogens is 452 g/mol. The molecular formula is C25H24N4O4S. The van der Waals surface area contributed by atoms with E-state index in [1.807, 2.05) is 19.1 Å². The molecule has 4 rings (SSSR count). The molecule has 0 bridgehead atoms. The number of carbonyl (C=O) groups excluding carboxylic acids is 1. The van der Waals surface area contributed by atoms with Gasteiger partial charge in [0.1, 0.15) is 0 Å². The average Bonchev–Trinajstić information content (AvgIpc) is 2.81. The lowest BCUT2D eigenvalue weighted by Gasteiger charge is -2.15. The predicted octanol–water partition coefficient (Wildman–Crippen LogP) is 4.97. The number of sulfonamides is 1. The van der Waals surface area contributed by atoms with Gasteiger partial charge in [0.05, 0.1) is 28.1 Å². The van der Waals surface area contributed by atoms with Crippen LogP contribution in [0.15, 0.2) is 71.6 Å². The van der Waals surface area contributed by atoms with E-state index in [2.05, 4.69) is 20.0 Å². The first-order valence-corrected chi connectivity index (χ1v) is 12.2. The van der Waals surface area contributed by atoms with Gasteiger partial charge in [0, 0.05) is 5.69 Å². The molecule has 0 aliphatic rings. The highest BCUT2D eigenvalue weighted by Crippen LogP contribution is 2.28. The molecule has 8 nitrogen and oxygen atoms in total. The molecule has 0 unspecified atom stereocenters. The number of rotatable bonds is 7. The third-order valence-electron chi connectivity index (χ3n) is 5.07. The number of hydrogen-bond donors (Lipinski definition) is 2. The number of nitrogens with zero attached hydrogens (tertiary/aromatic N) is 2. The first kappa shape index (κ1) is 23.2. The molecule has 9 heteroatoms. The highest BCUT2D eigenvalue weighted by atomic mass is 32.2. The average molecular weight is 477 g/mol. The van der Waals surface area contributed by atoms with Gasteiger partial charge in [0.25, 0.3) is 10.0 Å². The molecule has 0 saturated heterocycles. The van der Waals surface area contributed by atoms with Crippen molar-refractivity contribution in [3.05, 3.63) is 83.4 Å². The van der Waals surface area contributed by atoms with Crippen LogP contribution in [0.25, 0.3) is 11.0 Å². The third-order valence-corrected chi connectivity index (χ3v) is 6.55. The fourth-order valence-electron chi connectivity index (χ4n) is 3.41. The Kier molecular flexibility index (Phi) is 6.47. The molecule has 0 saturated carbocycles. The van der Waals surface area contributed by atoms with Gasteiger partial charge in [-0.25, -0.2) is 23.2 Å². The van der Waals surface area contributed by atoms with Crippen LogP contribution >= 0.6 is 0 Å². The summed E-state index contributed by atoms with van der Waals surface area (Å²) in [6.45, 7) is 5.56. The SMILES string of the molecule is CCOC(=O)c1cccc(Nc2nc3ccccc3nc2NS(=O)(=O)c2cc(C)ccc2C)c1. The summed E-state index contributed by atoms with van der Waals surface area (Å²) < 4.78 is 34.2. The van der Waals surface area contributed by atoms with E-state index in [0.717, 1.165) is 5.56 Å². The Morgan fingerprint density at radius 1 is 0.912 bits per heavy atom. The minimum absolute atomic E-state index is 0.0427. The van der Waals surface area contributed by atoms with E-state index in [-0.39, 0.29) is 23.1 Å². The summed E-state index contributed by atoms with van der Waals surface area (Å²) in [7, 11) is -3.95. The van der Waals surface area contributed by atoms with Crippen LogP contribution in [0.5, 0.6) is 0 Å². The lowest BCUT2D eigenvalue weighted by molar-refractivity contribution is 0.0526. The number of aromatic nitrogens is 2. The van der Waals surface area contributed by atoms with Crippen LogP contribution < -0.4 is 10.0 Å². The van der Waals surface area contributed by atoms with Gasteiger partial charge < -0.3 is 10.1 Å². The Labute approximate surface area is 198 Å². The van der Waals surface area contributed by atoms with Crippen molar-refractivity contribution in [1.82, 2.24) is 9.97 Å². The van der Waals surface area contributed by atoms with Gasteiger partial charge in [-0.3, -0.25) is 4.72 Å². The van der Waals surface area contributed by atoms with E-state index >= 15 is 0 Å². The van der Waals surface area contributed by atoms with E-state index < -0.39 is 16.0 Å². The van der Waals surface area contributed by atoms with E-state index in [4.69, 9.17) is 4.74 Å². The number of nitrogens with one attached hydrogen (secondary N) is 2. The van der Waals surface area contributed by atoms with Crippen molar-refractivity contribution < 1.29 is 17.9 Å². The zero-order valence-corrected chi connectivity index (χ0v) is 19.8. The highest BCUT2D eigenvalue weighted by molar-refractivity contribution is 7.92. The minimum atomic E-state index is -3.95. The summed E-state index contributed by atoms with van der Waals surface area (Å²) >= 11 is 0. The van der Waals surface area contributed by atoms with Crippen molar-refractivity contribution >= 4 is 44.3 Å². The van der Waals surface area contributed by atoms with Crippen molar-refractivity contribution in [3.63, 3.8) is 0 Å². The van der Waals surface area contributed by atoms with E-state index in [1.54, 1.807) is 68.4 Å². The molecule has 0 aliphatic heterocycles. The first-order valence-electron chi connectivity index (χ1n) is 10.7. The molecule has 4 aromatic rings. The molecule has 1 heterocycles. The number of para-hydroxylation sites is 2. The molecule has 0 atom stereocenters. The Bertz CT molecular complexity index is 1490. The van der Waals surface area contributed by atoms with Crippen molar-refractivity contribution in [2.45, 2.75) is 25.7 Å². The first-order chi connectivity index (χ1) is 16.3. The number of benzene rings is 3. The lowest BCUT2D eigenvalue weighted by atomic mass is 10.2.